The zero-order valence-corrected chi connectivity index (χ0v) is 28.7. The number of thioether (sulfide) groups is 1. The molecular weight excluding hydrogens is 651 g/mol. The molecule has 0 saturated carbocycles. The maximum absolute atomic E-state index is 13.7. The van der Waals surface area contributed by atoms with Crippen LogP contribution in [0.5, 0.6) is 17.2 Å². The fraction of sp³-hybridized carbons (Fsp3) is 0.125. The molecule has 10 heteroatoms. The van der Waals surface area contributed by atoms with Gasteiger partial charge in [-0.2, -0.15) is 0 Å². The number of methoxy groups -OCH3 is 2. The molecular formula is C40H37N3O6S. The van der Waals surface area contributed by atoms with Gasteiger partial charge in [-0.3, -0.25) is 14.4 Å². The molecule has 254 valence electrons. The van der Waals surface area contributed by atoms with Gasteiger partial charge < -0.3 is 30.2 Å². The molecule has 0 aromatic heterocycles. The number of ether oxygens (including phenoxy) is 3. The summed E-state index contributed by atoms with van der Waals surface area (Å²) in [5.41, 5.74) is 2.96. The molecule has 0 heterocycles. The monoisotopic (exact) mass is 687 g/mol. The first-order chi connectivity index (χ1) is 24.4. The van der Waals surface area contributed by atoms with Crippen LogP contribution < -0.4 is 30.2 Å². The Morgan fingerprint density at radius 2 is 1.38 bits per heavy atom. The Kier molecular flexibility index (Phi) is 12.3. The van der Waals surface area contributed by atoms with E-state index in [0.717, 1.165) is 10.5 Å². The molecule has 5 rings (SSSR count). The number of carbonyl (C=O) groups is 3. The van der Waals surface area contributed by atoms with E-state index in [1.54, 1.807) is 60.7 Å². The van der Waals surface area contributed by atoms with Gasteiger partial charge in [0.25, 0.3) is 11.8 Å². The molecule has 50 heavy (non-hydrogen) atoms. The van der Waals surface area contributed by atoms with Crippen molar-refractivity contribution in [3.8, 4) is 17.2 Å². The van der Waals surface area contributed by atoms with E-state index in [-0.39, 0.29) is 11.6 Å². The molecule has 5 aromatic carbocycles. The SMILES string of the molecule is CCOc1ccccc1NC(=O)C(Sc1ccc(NC(=O)/C(=C/c2ccc(OC)c(OC)c2)NC(=O)c2ccccc2)cc1)c1ccccc1. The Balaban J connectivity index is 1.35. The molecule has 0 saturated heterocycles. The maximum Gasteiger partial charge on any atom is 0.272 e. The van der Waals surface area contributed by atoms with Crippen molar-refractivity contribution in [2.75, 3.05) is 31.5 Å². The summed E-state index contributed by atoms with van der Waals surface area (Å²) in [6, 6.07) is 37.8. The number of nitrogens with one attached hydrogen (secondary N) is 3. The van der Waals surface area contributed by atoms with Gasteiger partial charge in [0, 0.05) is 16.1 Å². The summed E-state index contributed by atoms with van der Waals surface area (Å²) in [4.78, 5) is 41.2. The van der Waals surface area contributed by atoms with Crippen LogP contribution in [0, 0.1) is 0 Å². The van der Waals surface area contributed by atoms with Crippen molar-refractivity contribution in [1.29, 1.82) is 0 Å². The average molecular weight is 688 g/mol. The van der Waals surface area contributed by atoms with Crippen LogP contribution in [0.1, 0.15) is 33.7 Å². The van der Waals surface area contributed by atoms with Gasteiger partial charge in [-0.05, 0) is 84.8 Å². The molecule has 0 aliphatic heterocycles. The Morgan fingerprint density at radius 3 is 2.06 bits per heavy atom. The Labute approximate surface area is 295 Å². The molecule has 0 aliphatic rings. The zero-order valence-electron chi connectivity index (χ0n) is 27.8. The number of amides is 3. The summed E-state index contributed by atoms with van der Waals surface area (Å²) in [6.07, 6.45) is 1.56. The highest BCUT2D eigenvalue weighted by Gasteiger charge is 2.23. The fourth-order valence-electron chi connectivity index (χ4n) is 4.95. The van der Waals surface area contributed by atoms with Crippen molar-refractivity contribution < 1.29 is 28.6 Å². The van der Waals surface area contributed by atoms with Crippen molar-refractivity contribution in [2.45, 2.75) is 17.1 Å². The van der Waals surface area contributed by atoms with Crippen LogP contribution in [0.3, 0.4) is 0 Å². The van der Waals surface area contributed by atoms with E-state index in [9.17, 15) is 14.4 Å². The summed E-state index contributed by atoms with van der Waals surface area (Å²) >= 11 is 1.38. The Morgan fingerprint density at radius 1 is 0.720 bits per heavy atom. The van der Waals surface area contributed by atoms with Gasteiger partial charge in [0.05, 0.1) is 26.5 Å². The largest absolute Gasteiger partial charge is 0.493 e. The first-order valence-electron chi connectivity index (χ1n) is 15.8. The van der Waals surface area contributed by atoms with Crippen molar-refractivity contribution in [1.82, 2.24) is 5.32 Å². The number of hydrogen-bond donors (Lipinski definition) is 3. The summed E-state index contributed by atoms with van der Waals surface area (Å²) in [5.74, 6) is 0.436. The summed E-state index contributed by atoms with van der Waals surface area (Å²) in [5, 5.41) is 8.08. The molecule has 0 spiro atoms. The van der Waals surface area contributed by atoms with Crippen molar-refractivity contribution in [3.05, 3.63) is 150 Å². The van der Waals surface area contributed by atoms with Crippen molar-refractivity contribution in [3.63, 3.8) is 0 Å². The molecule has 3 amide bonds. The normalized spacial score (nSPS) is 11.5. The standard InChI is InChI=1S/C40H37N3O6S/c1-4-49-34-18-12-11-17-32(34)42-40(46)37(28-13-7-5-8-14-28)50-31-22-20-30(21-23-31)41-39(45)33(43-38(44)29-15-9-6-10-16-29)25-27-19-24-35(47-2)36(26-27)48-3/h5-26,37H,4H2,1-3H3,(H,41,45)(H,42,46)(H,43,44)/b33-25-. The number of hydrogen-bond acceptors (Lipinski definition) is 7. The summed E-state index contributed by atoms with van der Waals surface area (Å²) in [6.45, 7) is 2.36. The average Bonchev–Trinajstić information content (AvgIpc) is 3.15. The summed E-state index contributed by atoms with van der Waals surface area (Å²) < 4.78 is 16.5. The highest BCUT2D eigenvalue weighted by molar-refractivity contribution is 8.00. The fourth-order valence-corrected chi connectivity index (χ4v) is 5.98. The van der Waals surface area contributed by atoms with Gasteiger partial charge in [0.15, 0.2) is 11.5 Å². The first kappa shape index (κ1) is 35.3. The Bertz CT molecular complexity index is 1950. The van der Waals surface area contributed by atoms with E-state index in [4.69, 9.17) is 14.2 Å². The second kappa shape index (κ2) is 17.4. The van der Waals surface area contributed by atoms with E-state index in [1.807, 2.05) is 79.7 Å². The van der Waals surface area contributed by atoms with Gasteiger partial charge in [-0.25, -0.2) is 0 Å². The minimum Gasteiger partial charge on any atom is -0.493 e. The zero-order chi connectivity index (χ0) is 35.3. The minimum absolute atomic E-state index is 0.0256. The van der Waals surface area contributed by atoms with Gasteiger partial charge in [0.2, 0.25) is 5.91 Å². The molecule has 0 radical (unpaired) electrons. The van der Waals surface area contributed by atoms with Crippen molar-refractivity contribution in [2.24, 2.45) is 0 Å². The number of para-hydroxylation sites is 2. The van der Waals surface area contributed by atoms with Crippen LogP contribution in [0.4, 0.5) is 11.4 Å². The molecule has 9 nitrogen and oxygen atoms in total. The molecule has 3 N–H and O–H groups in total. The third-order valence-corrected chi connectivity index (χ3v) is 8.67. The molecule has 1 unspecified atom stereocenters. The third-order valence-electron chi connectivity index (χ3n) is 7.40. The highest BCUT2D eigenvalue weighted by atomic mass is 32.2. The van der Waals surface area contributed by atoms with Crippen LogP contribution in [-0.4, -0.2) is 38.5 Å². The minimum atomic E-state index is -0.574. The molecule has 5 aromatic rings. The lowest BCUT2D eigenvalue weighted by molar-refractivity contribution is -0.116. The van der Waals surface area contributed by atoms with E-state index in [2.05, 4.69) is 16.0 Å². The molecule has 0 bridgehead atoms. The van der Waals surface area contributed by atoms with Gasteiger partial charge in [0.1, 0.15) is 16.7 Å². The molecule has 1 atom stereocenters. The maximum atomic E-state index is 13.7. The second-order valence-corrected chi connectivity index (χ2v) is 12.0. The molecule has 0 aliphatic carbocycles. The van der Waals surface area contributed by atoms with Crippen LogP contribution in [0.2, 0.25) is 0 Å². The molecule has 0 fully saturated rings. The van der Waals surface area contributed by atoms with Crippen LogP contribution >= 0.6 is 11.8 Å². The second-order valence-electron chi connectivity index (χ2n) is 10.8. The highest BCUT2D eigenvalue weighted by Crippen LogP contribution is 2.37. The number of benzene rings is 5. The lowest BCUT2D eigenvalue weighted by Gasteiger charge is -2.19. The van der Waals surface area contributed by atoms with Gasteiger partial charge >= 0.3 is 0 Å². The number of anilines is 2. The van der Waals surface area contributed by atoms with Crippen LogP contribution in [0.15, 0.2) is 138 Å². The van der Waals surface area contributed by atoms with Crippen LogP contribution in [-0.2, 0) is 9.59 Å². The van der Waals surface area contributed by atoms with E-state index in [1.165, 1.54) is 26.0 Å². The van der Waals surface area contributed by atoms with E-state index >= 15 is 0 Å². The summed E-state index contributed by atoms with van der Waals surface area (Å²) in [7, 11) is 3.06. The van der Waals surface area contributed by atoms with Crippen LogP contribution in [0.25, 0.3) is 6.08 Å². The topological polar surface area (TPSA) is 115 Å². The lowest BCUT2D eigenvalue weighted by Crippen LogP contribution is -2.30. The smallest absolute Gasteiger partial charge is 0.272 e. The van der Waals surface area contributed by atoms with E-state index < -0.39 is 17.1 Å². The predicted octanol–water partition coefficient (Wildman–Crippen LogP) is 7.98. The Hall–Kier alpha value is -6.00. The van der Waals surface area contributed by atoms with E-state index in [0.29, 0.717) is 46.4 Å². The lowest BCUT2D eigenvalue weighted by atomic mass is 10.1. The van der Waals surface area contributed by atoms with Crippen molar-refractivity contribution >= 4 is 46.9 Å². The quantitative estimate of drug-likeness (QED) is 0.0801. The predicted molar refractivity (Wildman–Crippen MR) is 198 cm³/mol. The number of carbonyl (C=O) groups excluding carboxylic acids is 3. The first-order valence-corrected chi connectivity index (χ1v) is 16.7. The third kappa shape index (κ3) is 9.33. The van der Waals surface area contributed by atoms with Gasteiger partial charge in [-0.1, -0.05) is 66.7 Å². The van der Waals surface area contributed by atoms with Gasteiger partial charge in [-0.15, -0.1) is 11.8 Å². The number of rotatable bonds is 14.